The number of halogens is 1. The lowest BCUT2D eigenvalue weighted by molar-refractivity contribution is 0.243. The Kier molecular flexibility index (Phi) is 6.79. The Morgan fingerprint density at radius 2 is 1.76 bits per heavy atom. The average molecular weight is 417 g/mol. The first-order valence-corrected chi connectivity index (χ1v) is 10.3. The van der Waals surface area contributed by atoms with Crippen molar-refractivity contribution in [2.45, 2.75) is 51.6 Å². The molecule has 1 aliphatic rings. The summed E-state index contributed by atoms with van der Waals surface area (Å²) in [5, 5.41) is 10.2. The summed E-state index contributed by atoms with van der Waals surface area (Å²) in [5.41, 5.74) is 1.72. The molecule has 3 rings (SSSR count). The lowest BCUT2D eigenvalue weighted by Crippen LogP contribution is -2.42. The van der Waals surface area contributed by atoms with Crippen LogP contribution in [-0.2, 0) is 0 Å². The fourth-order valence-corrected chi connectivity index (χ4v) is 3.78. The zero-order valence-corrected chi connectivity index (χ0v) is 18.2. The van der Waals surface area contributed by atoms with Gasteiger partial charge in [-0.25, -0.2) is 14.8 Å². The van der Waals surface area contributed by atoms with Crippen LogP contribution in [-0.4, -0.2) is 42.2 Å². The van der Waals surface area contributed by atoms with Crippen LogP contribution >= 0.6 is 11.6 Å². The second-order valence-corrected chi connectivity index (χ2v) is 8.24. The average Bonchev–Trinajstić information content (AvgIpc) is 2.65. The Hall–Kier alpha value is -2.54. The van der Waals surface area contributed by atoms with E-state index in [1.54, 1.807) is 6.07 Å². The number of urea groups is 1. The molecule has 1 aliphatic carbocycles. The molecule has 29 heavy (non-hydrogen) atoms. The maximum Gasteiger partial charge on any atom is 0.319 e. The fourth-order valence-electron chi connectivity index (χ4n) is 3.56. The molecule has 8 heteroatoms. The zero-order chi connectivity index (χ0) is 21.0. The van der Waals surface area contributed by atoms with Crippen molar-refractivity contribution in [3.63, 3.8) is 0 Å². The predicted octanol–water partition coefficient (Wildman–Crippen LogP) is 4.36. The first-order valence-electron chi connectivity index (χ1n) is 9.93. The normalized spacial score (nSPS) is 18.8. The van der Waals surface area contributed by atoms with Gasteiger partial charge in [0.15, 0.2) is 0 Å². The molecular formula is C21H29ClN6O. The van der Waals surface area contributed by atoms with Crippen LogP contribution in [0.5, 0.6) is 0 Å². The van der Waals surface area contributed by atoms with Crippen LogP contribution in [0, 0.1) is 13.8 Å². The van der Waals surface area contributed by atoms with Gasteiger partial charge >= 0.3 is 6.03 Å². The molecule has 1 heterocycles. The maximum absolute atomic E-state index is 12.3. The number of benzene rings is 1. The van der Waals surface area contributed by atoms with Gasteiger partial charge in [-0.3, -0.25) is 0 Å². The van der Waals surface area contributed by atoms with Crippen LogP contribution in [0.4, 0.5) is 22.1 Å². The third kappa shape index (κ3) is 5.97. The molecule has 0 aliphatic heterocycles. The van der Waals surface area contributed by atoms with E-state index in [0.29, 0.717) is 11.1 Å². The highest BCUT2D eigenvalue weighted by atomic mass is 35.5. The largest absolute Gasteiger partial charge is 0.367 e. The molecule has 7 nitrogen and oxygen atoms in total. The van der Waals surface area contributed by atoms with Crippen LogP contribution in [0.1, 0.15) is 37.1 Å². The number of nitrogens with zero attached hydrogens (tertiary/aromatic N) is 3. The summed E-state index contributed by atoms with van der Waals surface area (Å²) in [6.45, 7) is 3.83. The molecule has 1 fully saturated rings. The summed E-state index contributed by atoms with van der Waals surface area (Å²) >= 11 is 5.97. The van der Waals surface area contributed by atoms with Crippen LogP contribution in [0.3, 0.4) is 0 Å². The summed E-state index contributed by atoms with van der Waals surface area (Å²) < 4.78 is 0. The summed E-state index contributed by atoms with van der Waals surface area (Å²) in [4.78, 5) is 23.2. The van der Waals surface area contributed by atoms with Crippen LogP contribution in [0.15, 0.2) is 24.3 Å². The monoisotopic (exact) mass is 416 g/mol. The van der Waals surface area contributed by atoms with E-state index >= 15 is 0 Å². The van der Waals surface area contributed by atoms with Gasteiger partial charge in [0, 0.05) is 43.0 Å². The van der Waals surface area contributed by atoms with Gasteiger partial charge in [0.1, 0.15) is 17.5 Å². The van der Waals surface area contributed by atoms with Crippen molar-refractivity contribution >= 4 is 35.0 Å². The Labute approximate surface area is 177 Å². The van der Waals surface area contributed by atoms with E-state index in [9.17, 15) is 4.79 Å². The number of nitrogens with one attached hydrogen (secondary N) is 3. The second kappa shape index (κ2) is 9.31. The van der Waals surface area contributed by atoms with E-state index in [-0.39, 0.29) is 12.1 Å². The SMILES string of the molecule is Cc1nc(NC2CCC(NC(=O)Nc3ccc(Cl)cc3C)CC2)cc(N(C)C)n1. The van der Waals surface area contributed by atoms with Crippen molar-refractivity contribution < 1.29 is 4.79 Å². The van der Waals surface area contributed by atoms with Crippen molar-refractivity contribution in [3.8, 4) is 0 Å². The molecular weight excluding hydrogens is 388 g/mol. The minimum atomic E-state index is -0.172. The molecule has 0 saturated heterocycles. The van der Waals surface area contributed by atoms with Gasteiger partial charge < -0.3 is 20.9 Å². The predicted molar refractivity (Wildman–Crippen MR) is 119 cm³/mol. The van der Waals surface area contributed by atoms with Gasteiger partial charge in [-0.05, 0) is 63.3 Å². The highest BCUT2D eigenvalue weighted by Gasteiger charge is 2.23. The summed E-state index contributed by atoms with van der Waals surface area (Å²) in [6, 6.07) is 7.75. The van der Waals surface area contributed by atoms with Crippen molar-refractivity contribution in [3.05, 3.63) is 40.7 Å². The quantitative estimate of drug-likeness (QED) is 0.674. The number of carbonyl (C=O) groups excluding carboxylic acids is 1. The molecule has 1 aromatic heterocycles. The van der Waals surface area contributed by atoms with Crippen molar-refractivity contribution in [2.24, 2.45) is 0 Å². The molecule has 0 unspecified atom stereocenters. The Morgan fingerprint density at radius 3 is 2.41 bits per heavy atom. The molecule has 0 bridgehead atoms. The molecule has 3 N–H and O–H groups in total. The summed E-state index contributed by atoms with van der Waals surface area (Å²) in [5.74, 6) is 2.50. The van der Waals surface area contributed by atoms with Gasteiger partial charge in [-0.1, -0.05) is 11.6 Å². The minimum Gasteiger partial charge on any atom is -0.367 e. The van der Waals surface area contributed by atoms with E-state index in [4.69, 9.17) is 11.6 Å². The van der Waals surface area contributed by atoms with E-state index in [1.807, 2.05) is 51.0 Å². The van der Waals surface area contributed by atoms with E-state index in [0.717, 1.165) is 54.4 Å². The Balaban J connectivity index is 1.48. The fraction of sp³-hybridized carbons (Fsp3) is 0.476. The van der Waals surface area contributed by atoms with Gasteiger partial charge in [-0.2, -0.15) is 0 Å². The van der Waals surface area contributed by atoms with Crippen molar-refractivity contribution in [1.82, 2.24) is 15.3 Å². The summed E-state index contributed by atoms with van der Waals surface area (Å²) in [6.07, 6.45) is 3.81. The number of aromatic nitrogens is 2. The first kappa shape index (κ1) is 21.2. The smallest absolute Gasteiger partial charge is 0.319 e. The third-order valence-electron chi connectivity index (χ3n) is 5.13. The van der Waals surface area contributed by atoms with Gasteiger partial charge in [0.2, 0.25) is 0 Å². The molecule has 1 saturated carbocycles. The molecule has 0 spiro atoms. The number of hydrogen-bond acceptors (Lipinski definition) is 5. The third-order valence-corrected chi connectivity index (χ3v) is 5.37. The van der Waals surface area contributed by atoms with Crippen LogP contribution < -0.4 is 20.9 Å². The molecule has 0 atom stereocenters. The standard InChI is InChI=1S/C21H29ClN6O/c1-13-11-15(22)5-10-18(13)27-21(29)26-17-8-6-16(7-9-17)25-19-12-20(28(3)4)24-14(2)23-19/h5,10-12,16-17H,6-9H2,1-4H3,(H,23,24,25)(H2,26,27,29). The topological polar surface area (TPSA) is 82.2 Å². The van der Waals surface area contributed by atoms with E-state index < -0.39 is 0 Å². The molecule has 156 valence electrons. The molecule has 2 aromatic rings. The number of rotatable bonds is 5. The minimum absolute atomic E-state index is 0.171. The maximum atomic E-state index is 12.3. The van der Waals surface area contributed by atoms with Crippen molar-refractivity contribution in [1.29, 1.82) is 0 Å². The van der Waals surface area contributed by atoms with E-state index in [1.165, 1.54) is 0 Å². The zero-order valence-electron chi connectivity index (χ0n) is 17.4. The molecule has 0 radical (unpaired) electrons. The lowest BCUT2D eigenvalue weighted by atomic mass is 9.91. The van der Waals surface area contributed by atoms with Gasteiger partial charge in [-0.15, -0.1) is 0 Å². The number of aryl methyl sites for hydroxylation is 2. The number of anilines is 3. The highest BCUT2D eigenvalue weighted by molar-refractivity contribution is 6.30. The Bertz CT molecular complexity index is 864. The number of amides is 2. The molecule has 2 amide bonds. The number of carbonyl (C=O) groups is 1. The molecule has 1 aromatic carbocycles. The van der Waals surface area contributed by atoms with Gasteiger partial charge in [0.05, 0.1) is 0 Å². The van der Waals surface area contributed by atoms with Gasteiger partial charge in [0.25, 0.3) is 0 Å². The lowest BCUT2D eigenvalue weighted by Gasteiger charge is -2.30. The van der Waals surface area contributed by atoms with E-state index in [2.05, 4.69) is 25.9 Å². The highest BCUT2D eigenvalue weighted by Crippen LogP contribution is 2.24. The second-order valence-electron chi connectivity index (χ2n) is 7.80. The summed E-state index contributed by atoms with van der Waals surface area (Å²) in [7, 11) is 3.94. The van der Waals surface area contributed by atoms with Crippen LogP contribution in [0.25, 0.3) is 0 Å². The Morgan fingerprint density at radius 1 is 1.07 bits per heavy atom. The van der Waals surface area contributed by atoms with Crippen molar-refractivity contribution in [2.75, 3.05) is 29.6 Å². The number of hydrogen-bond donors (Lipinski definition) is 3. The first-order chi connectivity index (χ1) is 13.8. The van der Waals surface area contributed by atoms with Crippen LogP contribution in [0.2, 0.25) is 5.02 Å².